The van der Waals surface area contributed by atoms with Gasteiger partial charge >= 0.3 is 0 Å². The van der Waals surface area contributed by atoms with Crippen LogP contribution in [-0.2, 0) is 0 Å². The maximum Gasteiger partial charge on any atom is 0.0535 e. The second-order valence-electron chi connectivity index (χ2n) is 11.0. The molecule has 1 heterocycles. The largest absolute Gasteiger partial charge is 0.309 e. The van der Waals surface area contributed by atoms with Gasteiger partial charge in [-0.25, -0.2) is 0 Å². The van der Waals surface area contributed by atoms with Gasteiger partial charge in [-0.05, 0) is 78.4 Å². The topological polar surface area (TPSA) is 4.93 Å². The zero-order valence-electron chi connectivity index (χ0n) is 24.5. The van der Waals surface area contributed by atoms with Crippen molar-refractivity contribution in [2.45, 2.75) is 20.8 Å². The first-order valence-corrected chi connectivity index (χ1v) is 14.5. The maximum absolute atomic E-state index is 2.37. The van der Waals surface area contributed by atoms with Gasteiger partial charge in [0.1, 0.15) is 0 Å². The SMILES string of the molecule is Cc1ccc(/C=C/c2ccc(-c3ccc(-c4ccc(/C=C/c5ccc(C)cc5)cc4)n3-c3ccc(C)cc3)cc2)cc1. The minimum atomic E-state index is 1.15. The number of hydrogen-bond acceptors (Lipinski definition) is 0. The minimum Gasteiger partial charge on any atom is -0.309 e. The van der Waals surface area contributed by atoms with Gasteiger partial charge in [-0.15, -0.1) is 0 Å². The molecule has 0 fully saturated rings. The molecule has 1 heteroatoms. The summed E-state index contributed by atoms with van der Waals surface area (Å²) in [6.45, 7) is 6.36. The van der Waals surface area contributed by atoms with Crippen molar-refractivity contribution in [1.29, 1.82) is 0 Å². The highest BCUT2D eigenvalue weighted by molar-refractivity contribution is 5.77. The molecule has 0 amide bonds. The van der Waals surface area contributed by atoms with E-state index >= 15 is 0 Å². The van der Waals surface area contributed by atoms with Crippen LogP contribution in [0, 0.1) is 20.8 Å². The van der Waals surface area contributed by atoms with Crippen LogP contribution in [0.2, 0.25) is 0 Å². The average Bonchev–Trinajstić information content (AvgIpc) is 3.47. The molecular weight excluding hydrogens is 506 g/mol. The number of aryl methyl sites for hydroxylation is 3. The minimum absolute atomic E-state index is 1.15. The van der Waals surface area contributed by atoms with Gasteiger partial charge in [0.2, 0.25) is 0 Å². The third-order valence-electron chi connectivity index (χ3n) is 7.68. The zero-order valence-corrected chi connectivity index (χ0v) is 24.5. The normalized spacial score (nSPS) is 11.5. The first-order chi connectivity index (χ1) is 20.5. The number of nitrogens with zero attached hydrogens (tertiary/aromatic N) is 1. The molecule has 1 aromatic heterocycles. The molecule has 0 saturated carbocycles. The van der Waals surface area contributed by atoms with Gasteiger partial charge in [-0.2, -0.15) is 0 Å². The first kappa shape index (κ1) is 27.1. The van der Waals surface area contributed by atoms with Gasteiger partial charge in [0.25, 0.3) is 0 Å². The van der Waals surface area contributed by atoms with Gasteiger partial charge in [0.05, 0.1) is 11.4 Å². The third kappa shape index (κ3) is 6.27. The predicted octanol–water partition coefficient (Wildman–Crippen LogP) is 11.1. The number of rotatable bonds is 7. The highest BCUT2D eigenvalue weighted by atomic mass is 15.0. The van der Waals surface area contributed by atoms with E-state index in [0.717, 1.165) is 5.69 Å². The fraction of sp³-hybridized carbons (Fsp3) is 0.0732. The van der Waals surface area contributed by atoms with E-state index in [1.165, 1.54) is 61.5 Å². The standard InChI is InChI=1S/C41H35N/c1-30-4-10-33(11-5-30)14-16-35-18-22-37(23-19-35)40-28-29-41(42(40)39-26-8-32(3)9-27-39)38-24-20-36(21-25-38)17-15-34-12-6-31(2)7-13-34/h4-29H,1-3H3/b16-14+,17-15+. The Bertz CT molecular complexity index is 1710. The monoisotopic (exact) mass is 541 g/mol. The van der Waals surface area contributed by atoms with Crippen LogP contribution in [0.5, 0.6) is 0 Å². The molecule has 0 radical (unpaired) electrons. The summed E-state index contributed by atoms with van der Waals surface area (Å²) in [6, 6.07) is 48.1. The Kier molecular flexibility index (Phi) is 7.83. The quantitative estimate of drug-likeness (QED) is 0.177. The molecule has 0 atom stereocenters. The molecule has 6 rings (SSSR count). The molecule has 0 bridgehead atoms. The van der Waals surface area contributed by atoms with Gasteiger partial charge in [-0.1, -0.05) is 150 Å². The van der Waals surface area contributed by atoms with Crippen LogP contribution in [-0.4, -0.2) is 4.57 Å². The van der Waals surface area contributed by atoms with E-state index in [0.29, 0.717) is 0 Å². The van der Waals surface area contributed by atoms with Crippen molar-refractivity contribution in [3.8, 4) is 28.2 Å². The molecule has 0 unspecified atom stereocenters. The highest BCUT2D eigenvalue weighted by Crippen LogP contribution is 2.33. The summed E-state index contributed by atoms with van der Waals surface area (Å²) in [7, 11) is 0. The van der Waals surface area contributed by atoms with Crippen molar-refractivity contribution in [3.05, 3.63) is 172 Å². The van der Waals surface area contributed by atoms with Crippen LogP contribution in [0.3, 0.4) is 0 Å². The fourth-order valence-electron chi connectivity index (χ4n) is 5.13. The molecule has 0 N–H and O–H groups in total. The summed E-state index contributed by atoms with van der Waals surface area (Å²) in [4.78, 5) is 0. The Balaban J connectivity index is 1.30. The second kappa shape index (κ2) is 12.2. The van der Waals surface area contributed by atoms with Crippen molar-refractivity contribution < 1.29 is 0 Å². The summed E-state index contributed by atoms with van der Waals surface area (Å²) in [6.07, 6.45) is 8.68. The van der Waals surface area contributed by atoms with Crippen LogP contribution in [0.25, 0.3) is 52.5 Å². The molecule has 1 nitrogen and oxygen atoms in total. The number of aromatic nitrogens is 1. The van der Waals surface area contributed by atoms with Crippen LogP contribution in [0.4, 0.5) is 0 Å². The third-order valence-corrected chi connectivity index (χ3v) is 7.68. The first-order valence-electron chi connectivity index (χ1n) is 14.5. The highest BCUT2D eigenvalue weighted by Gasteiger charge is 2.14. The molecule has 6 aromatic rings. The molecule has 0 spiro atoms. The summed E-state index contributed by atoms with van der Waals surface area (Å²) in [5.41, 5.74) is 14.5. The fourth-order valence-corrected chi connectivity index (χ4v) is 5.13. The Labute approximate surface area is 249 Å². The number of benzene rings is 5. The predicted molar refractivity (Wildman–Crippen MR) is 182 cm³/mol. The van der Waals surface area contributed by atoms with Crippen LogP contribution >= 0.6 is 0 Å². The lowest BCUT2D eigenvalue weighted by atomic mass is 10.1. The Morgan fingerprint density at radius 3 is 0.952 bits per heavy atom. The van der Waals surface area contributed by atoms with E-state index in [-0.39, 0.29) is 0 Å². The summed E-state index contributed by atoms with van der Waals surface area (Å²) < 4.78 is 2.37. The van der Waals surface area contributed by atoms with Crippen molar-refractivity contribution in [1.82, 2.24) is 4.57 Å². The molecule has 0 aliphatic carbocycles. The van der Waals surface area contributed by atoms with Crippen LogP contribution in [0.15, 0.2) is 133 Å². The molecule has 0 aliphatic rings. The van der Waals surface area contributed by atoms with Crippen molar-refractivity contribution in [2.24, 2.45) is 0 Å². The molecule has 42 heavy (non-hydrogen) atoms. The summed E-state index contributed by atoms with van der Waals surface area (Å²) >= 11 is 0. The molecular formula is C41H35N. The Morgan fingerprint density at radius 2 is 0.619 bits per heavy atom. The van der Waals surface area contributed by atoms with Gasteiger partial charge in [0, 0.05) is 5.69 Å². The maximum atomic E-state index is 2.37. The lowest BCUT2D eigenvalue weighted by Crippen LogP contribution is -1.99. The van der Waals surface area contributed by atoms with Crippen molar-refractivity contribution in [2.75, 3.05) is 0 Å². The van der Waals surface area contributed by atoms with E-state index in [4.69, 9.17) is 0 Å². The van der Waals surface area contributed by atoms with Gasteiger partial charge < -0.3 is 4.57 Å². The van der Waals surface area contributed by atoms with Crippen LogP contribution < -0.4 is 0 Å². The van der Waals surface area contributed by atoms with Crippen molar-refractivity contribution in [3.63, 3.8) is 0 Å². The van der Waals surface area contributed by atoms with Crippen LogP contribution in [0.1, 0.15) is 38.9 Å². The van der Waals surface area contributed by atoms with E-state index < -0.39 is 0 Å². The van der Waals surface area contributed by atoms with Crippen molar-refractivity contribution >= 4 is 24.3 Å². The van der Waals surface area contributed by atoms with E-state index in [1.54, 1.807) is 0 Å². The average molecular weight is 542 g/mol. The molecule has 5 aromatic carbocycles. The molecule has 0 aliphatic heterocycles. The molecule has 204 valence electrons. The summed E-state index contributed by atoms with van der Waals surface area (Å²) in [5, 5.41) is 0. The summed E-state index contributed by atoms with van der Waals surface area (Å²) in [5.74, 6) is 0. The Morgan fingerprint density at radius 1 is 0.333 bits per heavy atom. The zero-order chi connectivity index (χ0) is 28.9. The smallest absolute Gasteiger partial charge is 0.0535 e. The Hall–Kier alpha value is -5.14. The van der Waals surface area contributed by atoms with E-state index in [1.807, 2.05) is 0 Å². The van der Waals surface area contributed by atoms with Gasteiger partial charge in [-0.3, -0.25) is 0 Å². The van der Waals surface area contributed by atoms with Gasteiger partial charge in [0.15, 0.2) is 0 Å². The second-order valence-corrected chi connectivity index (χ2v) is 11.0. The van der Waals surface area contributed by atoms with E-state index in [2.05, 4.69) is 183 Å². The lowest BCUT2D eigenvalue weighted by molar-refractivity contribution is 1.09. The number of hydrogen-bond donors (Lipinski definition) is 0. The van der Waals surface area contributed by atoms with E-state index in [9.17, 15) is 0 Å². The molecule has 0 saturated heterocycles. The lowest BCUT2D eigenvalue weighted by Gasteiger charge is -2.15.